The van der Waals surface area contributed by atoms with Crippen LogP contribution in [0.4, 0.5) is 4.39 Å². The monoisotopic (exact) mass is 304 g/mol. The molecule has 0 saturated carbocycles. The maximum absolute atomic E-state index is 12.8. The molecule has 2 aromatic rings. The van der Waals surface area contributed by atoms with Crippen molar-refractivity contribution in [1.29, 1.82) is 0 Å². The molecule has 1 amide bonds. The zero-order valence-electron chi connectivity index (χ0n) is 12.2. The molecule has 2 rings (SSSR count). The maximum Gasteiger partial charge on any atom is 0.253 e. The number of hydrogen-bond acceptors (Lipinski definition) is 3. The first-order valence-electron chi connectivity index (χ1n) is 6.82. The molecule has 0 fully saturated rings. The number of hydrogen-bond donors (Lipinski definition) is 1. The number of nitrogens with one attached hydrogen (secondary N) is 1. The van der Waals surface area contributed by atoms with Crippen molar-refractivity contribution in [3.8, 4) is 0 Å². The highest BCUT2D eigenvalue weighted by atomic mass is 19.1. The van der Waals surface area contributed by atoms with Gasteiger partial charge in [-0.3, -0.25) is 9.59 Å². The molecule has 22 heavy (non-hydrogen) atoms. The van der Waals surface area contributed by atoms with Crippen LogP contribution in [0.3, 0.4) is 0 Å². The molecule has 1 aromatic carbocycles. The van der Waals surface area contributed by atoms with Crippen LogP contribution < -0.4 is 10.9 Å². The molecule has 0 saturated heterocycles. The van der Waals surface area contributed by atoms with E-state index in [2.05, 4.69) is 5.32 Å². The molecule has 1 heterocycles. The summed E-state index contributed by atoms with van der Waals surface area (Å²) in [6.07, 6.45) is 1.50. The number of methoxy groups -OCH3 is 1. The fourth-order valence-corrected chi connectivity index (χ4v) is 1.92. The molecule has 6 heteroatoms. The Morgan fingerprint density at radius 1 is 1.23 bits per heavy atom. The van der Waals surface area contributed by atoms with E-state index in [1.807, 2.05) is 0 Å². The predicted molar refractivity (Wildman–Crippen MR) is 80.1 cm³/mol. The first-order valence-corrected chi connectivity index (χ1v) is 6.82. The first kappa shape index (κ1) is 15.9. The van der Waals surface area contributed by atoms with Gasteiger partial charge >= 0.3 is 0 Å². The van der Waals surface area contributed by atoms with Crippen LogP contribution >= 0.6 is 0 Å². The topological polar surface area (TPSA) is 60.3 Å². The number of ether oxygens (including phenoxy) is 1. The average Bonchev–Trinajstić information content (AvgIpc) is 2.53. The maximum atomic E-state index is 12.8. The molecule has 5 nitrogen and oxygen atoms in total. The molecule has 0 aliphatic carbocycles. The third kappa shape index (κ3) is 4.26. The number of benzene rings is 1. The lowest BCUT2D eigenvalue weighted by Gasteiger charge is -2.09. The highest BCUT2D eigenvalue weighted by Crippen LogP contribution is 2.03. The average molecular weight is 304 g/mol. The molecule has 116 valence electrons. The Hall–Kier alpha value is -2.47. The standard InChI is InChI=1S/C16H17FN2O3/c1-22-9-8-19-11-13(4-7-15(19)20)16(21)18-10-12-2-5-14(17)6-3-12/h2-7,11H,8-10H2,1H3,(H,18,21). The number of rotatable bonds is 6. The van der Waals surface area contributed by atoms with Gasteiger partial charge in [0.05, 0.1) is 12.2 Å². The van der Waals surface area contributed by atoms with Crippen LogP contribution in [0.15, 0.2) is 47.4 Å². The van der Waals surface area contributed by atoms with Crippen molar-refractivity contribution in [3.05, 3.63) is 69.9 Å². The number of nitrogens with zero attached hydrogens (tertiary/aromatic N) is 1. The molecule has 0 aliphatic rings. The SMILES string of the molecule is COCCn1cc(C(=O)NCc2ccc(F)cc2)ccc1=O. The second-order valence-electron chi connectivity index (χ2n) is 4.75. The van der Waals surface area contributed by atoms with Gasteiger partial charge in [-0.2, -0.15) is 0 Å². The summed E-state index contributed by atoms with van der Waals surface area (Å²) in [6.45, 7) is 1.06. The van der Waals surface area contributed by atoms with E-state index in [9.17, 15) is 14.0 Å². The van der Waals surface area contributed by atoms with E-state index in [4.69, 9.17) is 4.74 Å². The molecule has 0 aliphatic heterocycles. The molecule has 1 N–H and O–H groups in total. The molecular formula is C16H17FN2O3. The number of halogens is 1. The van der Waals surface area contributed by atoms with Crippen molar-refractivity contribution in [3.63, 3.8) is 0 Å². The number of amides is 1. The number of pyridine rings is 1. The third-order valence-corrected chi connectivity index (χ3v) is 3.15. The van der Waals surface area contributed by atoms with E-state index in [0.29, 0.717) is 18.7 Å². The second-order valence-corrected chi connectivity index (χ2v) is 4.75. The van der Waals surface area contributed by atoms with E-state index in [-0.39, 0.29) is 23.8 Å². The lowest BCUT2D eigenvalue weighted by molar-refractivity contribution is 0.0949. The highest BCUT2D eigenvalue weighted by Gasteiger charge is 2.07. The summed E-state index contributed by atoms with van der Waals surface area (Å²) in [5.41, 5.74) is 0.993. The molecule has 0 spiro atoms. The summed E-state index contributed by atoms with van der Waals surface area (Å²) in [4.78, 5) is 23.7. The highest BCUT2D eigenvalue weighted by molar-refractivity contribution is 5.93. The summed E-state index contributed by atoms with van der Waals surface area (Å²) in [5.74, 6) is -0.615. The van der Waals surface area contributed by atoms with Crippen molar-refractivity contribution < 1.29 is 13.9 Å². The normalized spacial score (nSPS) is 10.5. The van der Waals surface area contributed by atoms with Gasteiger partial charge in [0.1, 0.15) is 5.82 Å². The number of aromatic nitrogens is 1. The Balaban J connectivity index is 2.02. The molecule has 0 unspecified atom stereocenters. The van der Waals surface area contributed by atoms with Crippen LogP contribution in [0.1, 0.15) is 15.9 Å². The van der Waals surface area contributed by atoms with Gasteiger partial charge < -0.3 is 14.6 Å². The van der Waals surface area contributed by atoms with Gasteiger partial charge in [0.2, 0.25) is 0 Å². The Morgan fingerprint density at radius 3 is 2.64 bits per heavy atom. The van der Waals surface area contributed by atoms with Gasteiger partial charge in [0.25, 0.3) is 11.5 Å². The fraction of sp³-hybridized carbons (Fsp3) is 0.250. The van der Waals surface area contributed by atoms with Crippen molar-refractivity contribution in [2.75, 3.05) is 13.7 Å². The number of carbonyl (C=O) groups excluding carboxylic acids is 1. The van der Waals surface area contributed by atoms with Crippen molar-refractivity contribution >= 4 is 5.91 Å². The summed E-state index contributed by atoms with van der Waals surface area (Å²) >= 11 is 0. The zero-order valence-corrected chi connectivity index (χ0v) is 12.2. The van der Waals surface area contributed by atoms with Gasteiger partial charge in [0, 0.05) is 32.5 Å². The first-order chi connectivity index (χ1) is 10.6. The van der Waals surface area contributed by atoms with Gasteiger partial charge in [-0.15, -0.1) is 0 Å². The number of carbonyl (C=O) groups is 1. The van der Waals surface area contributed by atoms with Crippen LogP contribution in [-0.2, 0) is 17.8 Å². The Kier molecular flexibility index (Phi) is 5.43. The minimum Gasteiger partial charge on any atom is -0.383 e. The Labute approximate surface area is 127 Å². The van der Waals surface area contributed by atoms with Gasteiger partial charge in [-0.25, -0.2) is 4.39 Å². The van der Waals surface area contributed by atoms with E-state index in [1.165, 1.54) is 35.0 Å². The molecule has 0 bridgehead atoms. The zero-order chi connectivity index (χ0) is 15.9. The van der Waals surface area contributed by atoms with Crippen LogP contribution in [0, 0.1) is 5.82 Å². The fourth-order valence-electron chi connectivity index (χ4n) is 1.92. The summed E-state index contributed by atoms with van der Waals surface area (Å²) in [6, 6.07) is 8.72. The van der Waals surface area contributed by atoms with Crippen LogP contribution in [0.25, 0.3) is 0 Å². The summed E-state index contributed by atoms with van der Waals surface area (Å²) < 4.78 is 19.2. The largest absolute Gasteiger partial charge is 0.383 e. The van der Waals surface area contributed by atoms with Crippen LogP contribution in [-0.4, -0.2) is 24.2 Å². The van der Waals surface area contributed by atoms with E-state index in [1.54, 1.807) is 19.2 Å². The molecule has 0 atom stereocenters. The van der Waals surface area contributed by atoms with E-state index >= 15 is 0 Å². The van der Waals surface area contributed by atoms with Crippen molar-refractivity contribution in [2.45, 2.75) is 13.1 Å². The van der Waals surface area contributed by atoms with Gasteiger partial charge in [0.15, 0.2) is 0 Å². The third-order valence-electron chi connectivity index (χ3n) is 3.15. The quantitative estimate of drug-likeness (QED) is 0.881. The van der Waals surface area contributed by atoms with Crippen molar-refractivity contribution in [2.24, 2.45) is 0 Å². The molecule has 0 radical (unpaired) electrons. The predicted octanol–water partition coefficient (Wildman–Crippen LogP) is 1.56. The summed E-state index contributed by atoms with van der Waals surface area (Å²) in [7, 11) is 1.55. The lowest BCUT2D eigenvalue weighted by Crippen LogP contribution is -2.27. The Bertz CT molecular complexity index is 695. The lowest BCUT2D eigenvalue weighted by atomic mass is 10.2. The smallest absolute Gasteiger partial charge is 0.253 e. The van der Waals surface area contributed by atoms with Crippen LogP contribution in [0.2, 0.25) is 0 Å². The summed E-state index contributed by atoms with van der Waals surface area (Å²) in [5, 5.41) is 2.73. The minimum atomic E-state index is -0.319. The van der Waals surface area contributed by atoms with Gasteiger partial charge in [-0.05, 0) is 23.8 Å². The molecule has 1 aromatic heterocycles. The van der Waals surface area contributed by atoms with Gasteiger partial charge in [-0.1, -0.05) is 12.1 Å². The Morgan fingerprint density at radius 2 is 1.95 bits per heavy atom. The minimum absolute atomic E-state index is 0.188. The van der Waals surface area contributed by atoms with E-state index < -0.39 is 0 Å². The second kappa shape index (κ2) is 7.51. The van der Waals surface area contributed by atoms with Crippen molar-refractivity contribution in [1.82, 2.24) is 9.88 Å². The van der Waals surface area contributed by atoms with Crippen LogP contribution in [0.5, 0.6) is 0 Å². The van der Waals surface area contributed by atoms with E-state index in [0.717, 1.165) is 5.56 Å². The molecular weight excluding hydrogens is 287 g/mol.